The van der Waals surface area contributed by atoms with Gasteiger partial charge in [-0.05, 0) is 56.2 Å². The number of aryl methyl sites for hydroxylation is 2. The van der Waals surface area contributed by atoms with Gasteiger partial charge in [0, 0.05) is 30.9 Å². The summed E-state index contributed by atoms with van der Waals surface area (Å²) >= 11 is 0. The molecule has 1 heterocycles. The van der Waals surface area contributed by atoms with E-state index in [9.17, 15) is 19.5 Å². The van der Waals surface area contributed by atoms with E-state index in [1.54, 1.807) is 36.1 Å². The first-order valence-corrected chi connectivity index (χ1v) is 10.6. The third-order valence-electron chi connectivity index (χ3n) is 5.33. The minimum atomic E-state index is -0.637. The van der Waals surface area contributed by atoms with Gasteiger partial charge < -0.3 is 25.4 Å². The van der Waals surface area contributed by atoms with Gasteiger partial charge in [0.05, 0.1) is 12.0 Å². The third kappa shape index (κ3) is 5.85. The Morgan fingerprint density at radius 2 is 1.81 bits per heavy atom. The van der Waals surface area contributed by atoms with E-state index in [0.29, 0.717) is 11.4 Å². The summed E-state index contributed by atoms with van der Waals surface area (Å²) in [5, 5.41) is 14.8. The SMILES string of the molecule is Cc1cccc(C)c1NC(=O)COc1ccc(N2C[C@H](C(=O)NC[C@@H](C)O)CC2=O)cc1. The minimum Gasteiger partial charge on any atom is -0.484 e. The number of para-hydroxylation sites is 1. The highest BCUT2D eigenvalue weighted by Crippen LogP contribution is 2.27. The lowest BCUT2D eigenvalue weighted by molar-refractivity contribution is -0.126. The smallest absolute Gasteiger partial charge is 0.262 e. The van der Waals surface area contributed by atoms with Crippen molar-refractivity contribution < 1.29 is 24.2 Å². The second-order valence-corrected chi connectivity index (χ2v) is 8.10. The summed E-state index contributed by atoms with van der Waals surface area (Å²) in [4.78, 5) is 38.4. The van der Waals surface area contributed by atoms with E-state index in [1.807, 2.05) is 32.0 Å². The monoisotopic (exact) mass is 439 g/mol. The number of nitrogens with one attached hydrogen (secondary N) is 2. The van der Waals surface area contributed by atoms with Crippen LogP contribution in [0.4, 0.5) is 11.4 Å². The van der Waals surface area contributed by atoms with Crippen LogP contribution in [0, 0.1) is 19.8 Å². The number of nitrogens with zero attached hydrogens (tertiary/aromatic N) is 1. The molecule has 1 saturated heterocycles. The number of rotatable bonds is 8. The molecule has 32 heavy (non-hydrogen) atoms. The summed E-state index contributed by atoms with van der Waals surface area (Å²) < 4.78 is 5.57. The van der Waals surface area contributed by atoms with E-state index in [4.69, 9.17) is 4.74 Å². The molecule has 3 N–H and O–H groups in total. The van der Waals surface area contributed by atoms with E-state index in [-0.39, 0.29) is 43.8 Å². The standard InChI is InChI=1S/C24H29N3O5/c1-15-5-4-6-16(2)23(15)26-21(29)14-32-20-9-7-19(8-10-20)27-13-18(11-22(27)30)24(31)25-12-17(3)28/h4-10,17-18,28H,11-14H2,1-3H3,(H,25,31)(H,26,29)/t17-,18-/m1/s1. The highest BCUT2D eigenvalue weighted by molar-refractivity contribution is 6.00. The van der Waals surface area contributed by atoms with Gasteiger partial charge in [0.25, 0.3) is 5.91 Å². The molecule has 1 aliphatic heterocycles. The highest BCUT2D eigenvalue weighted by atomic mass is 16.5. The molecule has 8 heteroatoms. The van der Waals surface area contributed by atoms with Gasteiger partial charge in [0.15, 0.2) is 6.61 Å². The molecule has 0 radical (unpaired) electrons. The highest BCUT2D eigenvalue weighted by Gasteiger charge is 2.35. The van der Waals surface area contributed by atoms with Crippen molar-refractivity contribution in [1.29, 1.82) is 0 Å². The third-order valence-corrected chi connectivity index (χ3v) is 5.33. The number of aliphatic hydroxyl groups excluding tert-OH is 1. The fourth-order valence-electron chi connectivity index (χ4n) is 3.58. The van der Waals surface area contributed by atoms with Crippen molar-refractivity contribution >= 4 is 29.1 Å². The molecule has 3 rings (SSSR count). The number of carbonyl (C=O) groups is 3. The van der Waals surface area contributed by atoms with E-state index in [2.05, 4.69) is 10.6 Å². The summed E-state index contributed by atoms with van der Waals surface area (Å²) in [5.74, 6) is -0.582. The molecule has 0 aromatic heterocycles. The lowest BCUT2D eigenvalue weighted by atomic mass is 10.1. The van der Waals surface area contributed by atoms with Crippen LogP contribution >= 0.6 is 0 Å². The minimum absolute atomic E-state index is 0.127. The molecule has 0 spiro atoms. The Labute approximate surface area is 187 Å². The van der Waals surface area contributed by atoms with Crippen LogP contribution in [0.2, 0.25) is 0 Å². The van der Waals surface area contributed by atoms with Crippen molar-refractivity contribution in [3.8, 4) is 5.75 Å². The number of amides is 3. The quantitative estimate of drug-likeness (QED) is 0.584. The van der Waals surface area contributed by atoms with Gasteiger partial charge in [-0.1, -0.05) is 18.2 Å². The molecular formula is C24H29N3O5. The van der Waals surface area contributed by atoms with Crippen LogP contribution in [-0.2, 0) is 14.4 Å². The average Bonchev–Trinajstić information content (AvgIpc) is 3.15. The largest absolute Gasteiger partial charge is 0.484 e. The zero-order valence-corrected chi connectivity index (χ0v) is 18.6. The lowest BCUT2D eigenvalue weighted by Crippen LogP contribution is -2.36. The molecule has 0 bridgehead atoms. The second kappa shape index (κ2) is 10.3. The first kappa shape index (κ1) is 23.3. The molecule has 3 amide bonds. The van der Waals surface area contributed by atoms with Gasteiger partial charge in [-0.15, -0.1) is 0 Å². The summed E-state index contributed by atoms with van der Waals surface area (Å²) in [6, 6.07) is 12.6. The van der Waals surface area contributed by atoms with Gasteiger partial charge >= 0.3 is 0 Å². The molecule has 0 aliphatic carbocycles. The Kier molecular flexibility index (Phi) is 7.48. The Balaban J connectivity index is 1.53. The summed E-state index contributed by atoms with van der Waals surface area (Å²) in [6.45, 7) is 5.76. The fraction of sp³-hybridized carbons (Fsp3) is 0.375. The molecule has 0 saturated carbocycles. The maximum atomic E-state index is 12.4. The number of hydrogen-bond acceptors (Lipinski definition) is 5. The van der Waals surface area contributed by atoms with Crippen LogP contribution in [0.25, 0.3) is 0 Å². The van der Waals surface area contributed by atoms with Gasteiger partial charge in [-0.3, -0.25) is 14.4 Å². The van der Waals surface area contributed by atoms with Crippen LogP contribution in [0.1, 0.15) is 24.5 Å². The first-order chi connectivity index (χ1) is 15.2. The zero-order chi connectivity index (χ0) is 23.3. The van der Waals surface area contributed by atoms with Crippen LogP contribution in [0.15, 0.2) is 42.5 Å². The van der Waals surface area contributed by atoms with Crippen molar-refractivity contribution in [3.05, 3.63) is 53.6 Å². The molecule has 0 unspecified atom stereocenters. The second-order valence-electron chi connectivity index (χ2n) is 8.10. The van der Waals surface area contributed by atoms with Gasteiger partial charge in [-0.25, -0.2) is 0 Å². The predicted molar refractivity (Wildman–Crippen MR) is 122 cm³/mol. The first-order valence-electron chi connectivity index (χ1n) is 10.6. The van der Waals surface area contributed by atoms with Gasteiger partial charge in [0.1, 0.15) is 5.75 Å². The summed E-state index contributed by atoms with van der Waals surface area (Å²) in [6.07, 6.45) is -0.509. The van der Waals surface area contributed by atoms with E-state index < -0.39 is 12.0 Å². The van der Waals surface area contributed by atoms with Crippen molar-refractivity contribution in [2.75, 3.05) is 29.9 Å². The Morgan fingerprint density at radius 3 is 2.44 bits per heavy atom. The Morgan fingerprint density at radius 1 is 1.16 bits per heavy atom. The average molecular weight is 440 g/mol. The summed E-state index contributed by atoms with van der Waals surface area (Å²) in [7, 11) is 0. The Hall–Kier alpha value is -3.39. The molecular weight excluding hydrogens is 410 g/mol. The molecule has 2 aromatic carbocycles. The van der Waals surface area contributed by atoms with E-state index >= 15 is 0 Å². The number of aliphatic hydroxyl groups is 1. The van der Waals surface area contributed by atoms with Crippen LogP contribution in [0.3, 0.4) is 0 Å². The molecule has 170 valence electrons. The number of ether oxygens (including phenoxy) is 1. The number of carbonyl (C=O) groups excluding carboxylic acids is 3. The van der Waals surface area contributed by atoms with Crippen LogP contribution in [-0.4, -0.2) is 48.6 Å². The molecule has 8 nitrogen and oxygen atoms in total. The molecule has 1 aliphatic rings. The van der Waals surface area contributed by atoms with E-state index in [0.717, 1.165) is 16.8 Å². The normalized spacial score (nSPS) is 16.6. The van der Waals surface area contributed by atoms with Gasteiger partial charge in [-0.2, -0.15) is 0 Å². The maximum Gasteiger partial charge on any atom is 0.262 e. The maximum absolute atomic E-state index is 12.4. The van der Waals surface area contributed by atoms with Crippen molar-refractivity contribution in [2.24, 2.45) is 5.92 Å². The predicted octanol–water partition coefficient (Wildman–Crippen LogP) is 2.17. The fourth-order valence-corrected chi connectivity index (χ4v) is 3.58. The van der Waals surface area contributed by atoms with Crippen LogP contribution < -0.4 is 20.3 Å². The number of anilines is 2. The van der Waals surface area contributed by atoms with E-state index in [1.165, 1.54) is 0 Å². The number of benzene rings is 2. The Bertz CT molecular complexity index is 967. The van der Waals surface area contributed by atoms with Crippen molar-refractivity contribution in [1.82, 2.24) is 5.32 Å². The number of hydrogen-bond donors (Lipinski definition) is 3. The van der Waals surface area contributed by atoms with Crippen LogP contribution in [0.5, 0.6) is 5.75 Å². The van der Waals surface area contributed by atoms with Crippen molar-refractivity contribution in [3.63, 3.8) is 0 Å². The zero-order valence-electron chi connectivity index (χ0n) is 18.6. The van der Waals surface area contributed by atoms with Crippen molar-refractivity contribution in [2.45, 2.75) is 33.3 Å². The molecule has 2 aromatic rings. The molecule has 2 atom stereocenters. The molecule has 1 fully saturated rings. The summed E-state index contributed by atoms with van der Waals surface area (Å²) in [5.41, 5.74) is 3.41. The lowest BCUT2D eigenvalue weighted by Gasteiger charge is -2.17. The van der Waals surface area contributed by atoms with Gasteiger partial charge in [0.2, 0.25) is 11.8 Å². The topological polar surface area (TPSA) is 108 Å².